The molecule has 0 aliphatic heterocycles. The van der Waals surface area contributed by atoms with Crippen molar-refractivity contribution in [3.8, 4) is 39.9 Å². The van der Waals surface area contributed by atoms with Crippen LogP contribution < -0.4 is 9.47 Å². The minimum absolute atomic E-state index is 0.00259. The molecule has 0 aliphatic carbocycles. The van der Waals surface area contributed by atoms with Crippen molar-refractivity contribution in [2.24, 2.45) is 0 Å². The van der Waals surface area contributed by atoms with E-state index in [0.29, 0.717) is 22.6 Å². The Balaban J connectivity index is 1.82. The zero-order valence-electron chi connectivity index (χ0n) is 19.2. The molecule has 0 radical (unpaired) electrons. The summed E-state index contributed by atoms with van der Waals surface area (Å²) in [5, 5.41) is 39.3. The highest BCUT2D eigenvalue weighted by Gasteiger charge is 2.23. The summed E-state index contributed by atoms with van der Waals surface area (Å²) in [4.78, 5) is 0. The lowest BCUT2D eigenvalue weighted by molar-refractivity contribution is 0.412. The molecular weight excluding hydrogens is 440 g/mol. The minimum atomic E-state index is -0.0117. The van der Waals surface area contributed by atoms with E-state index in [9.17, 15) is 15.3 Å². The summed E-state index contributed by atoms with van der Waals surface area (Å²) in [5.41, 5.74) is 1.01. The molecule has 0 saturated heterocycles. The number of phenolic OH excluding ortho intramolecular Hbond substituents is 3. The third-order valence-electron chi connectivity index (χ3n) is 6.70. The lowest BCUT2D eigenvalue weighted by Crippen LogP contribution is -1.94. The summed E-state index contributed by atoms with van der Waals surface area (Å²) < 4.78 is 11.3. The average Bonchev–Trinajstić information content (AvgIpc) is 2.87. The molecule has 6 aromatic rings. The molecule has 0 heterocycles. The Morgan fingerprint density at radius 3 is 1.63 bits per heavy atom. The van der Waals surface area contributed by atoms with Crippen LogP contribution in [0.25, 0.3) is 54.2 Å². The Morgan fingerprint density at radius 1 is 0.514 bits per heavy atom. The van der Waals surface area contributed by atoms with Crippen LogP contribution in [0.3, 0.4) is 0 Å². The highest BCUT2D eigenvalue weighted by molar-refractivity contribution is 6.22. The fourth-order valence-electron chi connectivity index (χ4n) is 5.20. The fourth-order valence-corrected chi connectivity index (χ4v) is 5.20. The van der Waals surface area contributed by atoms with E-state index in [4.69, 9.17) is 9.47 Å². The number of hydrogen-bond acceptors (Lipinski definition) is 5. The van der Waals surface area contributed by atoms with Crippen molar-refractivity contribution >= 4 is 43.1 Å². The molecule has 3 N–H and O–H groups in total. The van der Waals surface area contributed by atoms with Gasteiger partial charge >= 0.3 is 0 Å². The Morgan fingerprint density at radius 2 is 1.03 bits per heavy atom. The summed E-state index contributed by atoms with van der Waals surface area (Å²) in [7, 11) is 3.14. The first-order valence-corrected chi connectivity index (χ1v) is 11.2. The van der Waals surface area contributed by atoms with Gasteiger partial charge in [0.15, 0.2) is 0 Å². The standard InChI is InChI=1S/C30H22O5/c1-34-25-14-23(32)29(21-10-7-16-5-3-4-6-19(16)27(21)25)30-22-11-8-17-13-18(31)9-12-20(17)28(22)26(35-2)15-24(30)33/h3-15,31-33H,1-2H3. The first-order valence-electron chi connectivity index (χ1n) is 11.2. The molecule has 172 valence electrons. The van der Waals surface area contributed by atoms with E-state index in [-0.39, 0.29) is 17.2 Å². The molecule has 0 unspecified atom stereocenters. The molecule has 6 rings (SSSR count). The number of methoxy groups -OCH3 is 2. The van der Waals surface area contributed by atoms with Gasteiger partial charge < -0.3 is 24.8 Å². The van der Waals surface area contributed by atoms with Gasteiger partial charge in [-0.3, -0.25) is 0 Å². The van der Waals surface area contributed by atoms with Crippen LogP contribution in [0.2, 0.25) is 0 Å². The van der Waals surface area contributed by atoms with Crippen molar-refractivity contribution in [2.75, 3.05) is 14.2 Å². The number of fused-ring (bicyclic) bond motifs is 6. The Labute approximate surface area is 201 Å². The molecule has 5 heteroatoms. The van der Waals surface area contributed by atoms with E-state index in [1.54, 1.807) is 38.5 Å². The lowest BCUT2D eigenvalue weighted by atomic mass is 9.88. The van der Waals surface area contributed by atoms with Gasteiger partial charge in [-0.15, -0.1) is 0 Å². The maximum atomic E-state index is 11.3. The zero-order chi connectivity index (χ0) is 24.3. The highest BCUT2D eigenvalue weighted by atomic mass is 16.5. The molecule has 6 aromatic carbocycles. The van der Waals surface area contributed by atoms with Crippen LogP contribution in [-0.2, 0) is 0 Å². The number of aromatic hydroxyl groups is 3. The second-order valence-electron chi connectivity index (χ2n) is 8.55. The molecule has 0 amide bonds. The van der Waals surface area contributed by atoms with E-state index in [1.807, 2.05) is 54.6 Å². The van der Waals surface area contributed by atoms with Crippen molar-refractivity contribution < 1.29 is 24.8 Å². The van der Waals surface area contributed by atoms with E-state index in [2.05, 4.69) is 0 Å². The largest absolute Gasteiger partial charge is 0.508 e. The maximum absolute atomic E-state index is 11.3. The number of phenols is 3. The van der Waals surface area contributed by atoms with Gasteiger partial charge in [0.2, 0.25) is 0 Å². The van der Waals surface area contributed by atoms with Crippen LogP contribution in [0, 0.1) is 0 Å². The molecular formula is C30H22O5. The molecule has 0 atom stereocenters. The summed E-state index contributed by atoms with van der Waals surface area (Å²) in [6.07, 6.45) is 0. The van der Waals surface area contributed by atoms with Crippen molar-refractivity contribution in [3.05, 3.63) is 78.9 Å². The van der Waals surface area contributed by atoms with Gasteiger partial charge in [-0.25, -0.2) is 0 Å². The van der Waals surface area contributed by atoms with Crippen molar-refractivity contribution in [3.63, 3.8) is 0 Å². The molecule has 0 bridgehead atoms. The van der Waals surface area contributed by atoms with E-state index >= 15 is 0 Å². The lowest BCUT2D eigenvalue weighted by Gasteiger charge is -2.19. The molecule has 0 saturated carbocycles. The highest BCUT2D eigenvalue weighted by Crippen LogP contribution is 2.51. The number of rotatable bonds is 3. The zero-order valence-corrected chi connectivity index (χ0v) is 19.2. The maximum Gasteiger partial charge on any atom is 0.131 e. The van der Waals surface area contributed by atoms with Crippen LogP contribution in [0.4, 0.5) is 0 Å². The van der Waals surface area contributed by atoms with Gasteiger partial charge in [0.1, 0.15) is 28.7 Å². The predicted molar refractivity (Wildman–Crippen MR) is 140 cm³/mol. The topological polar surface area (TPSA) is 79.2 Å². The summed E-state index contributed by atoms with van der Waals surface area (Å²) in [6, 6.07) is 24.0. The SMILES string of the molecule is COc1cc(O)c(-c2c(O)cc(OC)c3c2ccc2cc(O)ccc23)c2ccc3ccccc3c12. The van der Waals surface area contributed by atoms with Gasteiger partial charge in [-0.1, -0.05) is 48.5 Å². The smallest absolute Gasteiger partial charge is 0.131 e. The summed E-state index contributed by atoms with van der Waals surface area (Å²) in [5.74, 6) is 1.21. The quantitative estimate of drug-likeness (QED) is 0.245. The van der Waals surface area contributed by atoms with E-state index in [1.165, 1.54) is 0 Å². The van der Waals surface area contributed by atoms with Gasteiger partial charge in [-0.2, -0.15) is 0 Å². The fraction of sp³-hybridized carbons (Fsp3) is 0.0667. The Bertz CT molecular complexity index is 1800. The molecule has 5 nitrogen and oxygen atoms in total. The normalized spacial score (nSPS) is 11.5. The van der Waals surface area contributed by atoms with Gasteiger partial charge in [0.25, 0.3) is 0 Å². The average molecular weight is 463 g/mol. The van der Waals surface area contributed by atoms with E-state index < -0.39 is 0 Å². The van der Waals surface area contributed by atoms with Gasteiger partial charge in [-0.05, 0) is 50.5 Å². The van der Waals surface area contributed by atoms with Crippen LogP contribution >= 0.6 is 0 Å². The van der Waals surface area contributed by atoms with E-state index in [0.717, 1.165) is 43.1 Å². The molecule has 0 fully saturated rings. The number of ether oxygens (including phenoxy) is 2. The summed E-state index contributed by atoms with van der Waals surface area (Å²) in [6.45, 7) is 0. The van der Waals surface area contributed by atoms with Crippen LogP contribution in [0.15, 0.2) is 78.9 Å². The van der Waals surface area contributed by atoms with Crippen LogP contribution in [0.1, 0.15) is 0 Å². The monoisotopic (exact) mass is 462 g/mol. The molecule has 35 heavy (non-hydrogen) atoms. The second kappa shape index (κ2) is 7.71. The van der Waals surface area contributed by atoms with Crippen molar-refractivity contribution in [2.45, 2.75) is 0 Å². The molecule has 0 aliphatic rings. The number of hydrogen-bond donors (Lipinski definition) is 3. The molecule has 0 aromatic heterocycles. The van der Waals surface area contributed by atoms with Crippen molar-refractivity contribution in [1.29, 1.82) is 0 Å². The van der Waals surface area contributed by atoms with Crippen LogP contribution in [0.5, 0.6) is 28.7 Å². The summed E-state index contributed by atoms with van der Waals surface area (Å²) >= 11 is 0. The first kappa shape index (κ1) is 20.9. The molecule has 0 spiro atoms. The third kappa shape index (κ3) is 3.02. The first-order chi connectivity index (χ1) is 17.0. The Kier molecular flexibility index (Phi) is 4.61. The second-order valence-corrected chi connectivity index (χ2v) is 8.55. The predicted octanol–water partition coefficient (Wildman–Crippen LogP) is 7.10. The Hall–Kier alpha value is -4.64. The van der Waals surface area contributed by atoms with Crippen molar-refractivity contribution in [1.82, 2.24) is 0 Å². The number of benzene rings is 6. The van der Waals surface area contributed by atoms with Gasteiger partial charge in [0, 0.05) is 34.0 Å². The third-order valence-corrected chi connectivity index (χ3v) is 6.70. The van der Waals surface area contributed by atoms with Crippen LogP contribution in [-0.4, -0.2) is 29.5 Å². The van der Waals surface area contributed by atoms with Gasteiger partial charge in [0.05, 0.1) is 14.2 Å². The minimum Gasteiger partial charge on any atom is -0.508 e.